The SMILES string of the molecule is C#CC(C)(C)COC1CCCO1. The Hall–Kier alpha value is -0.520. The average molecular weight is 168 g/mol. The Labute approximate surface area is 74.2 Å². The molecular formula is C10H16O2. The summed E-state index contributed by atoms with van der Waals surface area (Å²) in [5.41, 5.74) is -0.175. The van der Waals surface area contributed by atoms with Crippen LogP contribution in [0.2, 0.25) is 0 Å². The molecule has 0 aromatic rings. The van der Waals surface area contributed by atoms with Gasteiger partial charge in [-0.3, -0.25) is 0 Å². The second kappa shape index (κ2) is 3.93. The van der Waals surface area contributed by atoms with E-state index in [1.54, 1.807) is 0 Å². The van der Waals surface area contributed by atoms with Crippen LogP contribution < -0.4 is 0 Å². The predicted molar refractivity (Wildman–Crippen MR) is 47.5 cm³/mol. The quantitative estimate of drug-likeness (QED) is 0.598. The molecule has 0 saturated carbocycles. The minimum atomic E-state index is -0.175. The maximum atomic E-state index is 5.49. The lowest BCUT2D eigenvalue weighted by atomic mass is 9.97. The monoisotopic (exact) mass is 168 g/mol. The van der Waals surface area contributed by atoms with Gasteiger partial charge in [0.05, 0.1) is 6.61 Å². The van der Waals surface area contributed by atoms with E-state index in [1.807, 2.05) is 13.8 Å². The molecule has 1 atom stereocenters. The third kappa shape index (κ3) is 2.84. The first-order valence-corrected chi connectivity index (χ1v) is 4.35. The van der Waals surface area contributed by atoms with Gasteiger partial charge in [-0.2, -0.15) is 0 Å². The zero-order chi connectivity index (χ0) is 9.03. The normalized spacial score (nSPS) is 23.9. The largest absolute Gasteiger partial charge is 0.353 e. The number of terminal acetylenes is 1. The van der Waals surface area contributed by atoms with Crippen molar-refractivity contribution in [2.45, 2.75) is 33.0 Å². The lowest BCUT2D eigenvalue weighted by molar-refractivity contribution is -0.123. The van der Waals surface area contributed by atoms with E-state index in [9.17, 15) is 0 Å². The lowest BCUT2D eigenvalue weighted by Crippen LogP contribution is -2.22. The fraction of sp³-hybridized carbons (Fsp3) is 0.800. The van der Waals surface area contributed by atoms with Gasteiger partial charge in [-0.15, -0.1) is 6.42 Å². The summed E-state index contributed by atoms with van der Waals surface area (Å²) in [5, 5.41) is 0. The summed E-state index contributed by atoms with van der Waals surface area (Å²) < 4.78 is 10.8. The summed E-state index contributed by atoms with van der Waals surface area (Å²) in [6.45, 7) is 5.37. The zero-order valence-corrected chi connectivity index (χ0v) is 7.80. The summed E-state index contributed by atoms with van der Waals surface area (Å²) in [6, 6.07) is 0. The minimum Gasteiger partial charge on any atom is -0.353 e. The van der Waals surface area contributed by atoms with E-state index in [2.05, 4.69) is 5.92 Å². The Morgan fingerprint density at radius 1 is 1.67 bits per heavy atom. The Balaban J connectivity index is 2.21. The molecule has 12 heavy (non-hydrogen) atoms. The van der Waals surface area contributed by atoms with E-state index in [1.165, 1.54) is 0 Å². The standard InChI is InChI=1S/C10H16O2/c1-4-10(2,3)8-12-9-6-5-7-11-9/h1,9H,5-8H2,2-3H3. The molecule has 0 bridgehead atoms. The lowest BCUT2D eigenvalue weighted by Gasteiger charge is -2.20. The summed E-state index contributed by atoms with van der Waals surface area (Å²) in [4.78, 5) is 0. The molecule has 0 amide bonds. The van der Waals surface area contributed by atoms with Crippen molar-refractivity contribution in [3.05, 3.63) is 0 Å². The molecule has 0 aromatic carbocycles. The third-order valence-corrected chi connectivity index (χ3v) is 1.91. The number of hydrogen-bond donors (Lipinski definition) is 0. The van der Waals surface area contributed by atoms with Crippen LogP contribution in [0.1, 0.15) is 26.7 Å². The molecule has 0 aromatic heterocycles. The van der Waals surface area contributed by atoms with Crippen molar-refractivity contribution < 1.29 is 9.47 Å². The van der Waals surface area contributed by atoms with Crippen LogP contribution >= 0.6 is 0 Å². The first-order chi connectivity index (χ1) is 5.64. The summed E-state index contributed by atoms with van der Waals surface area (Å²) in [5.74, 6) is 2.68. The average Bonchev–Trinajstić information content (AvgIpc) is 2.53. The Bertz CT molecular complexity index is 173. The van der Waals surface area contributed by atoms with Crippen LogP contribution in [0.4, 0.5) is 0 Å². The van der Waals surface area contributed by atoms with Crippen molar-refractivity contribution in [3.8, 4) is 12.3 Å². The molecule has 0 aliphatic carbocycles. The van der Waals surface area contributed by atoms with Crippen molar-refractivity contribution in [3.63, 3.8) is 0 Å². The van der Waals surface area contributed by atoms with Crippen LogP contribution in [0.3, 0.4) is 0 Å². The highest BCUT2D eigenvalue weighted by Gasteiger charge is 2.20. The van der Waals surface area contributed by atoms with E-state index in [-0.39, 0.29) is 11.7 Å². The number of rotatable bonds is 3. The van der Waals surface area contributed by atoms with Gasteiger partial charge in [-0.05, 0) is 20.3 Å². The van der Waals surface area contributed by atoms with E-state index in [4.69, 9.17) is 15.9 Å². The summed E-state index contributed by atoms with van der Waals surface area (Å²) in [7, 11) is 0. The van der Waals surface area contributed by atoms with Crippen LogP contribution in [-0.2, 0) is 9.47 Å². The van der Waals surface area contributed by atoms with Gasteiger partial charge in [-0.1, -0.05) is 5.92 Å². The smallest absolute Gasteiger partial charge is 0.157 e. The maximum Gasteiger partial charge on any atom is 0.157 e. The van der Waals surface area contributed by atoms with E-state index in [0.29, 0.717) is 6.61 Å². The fourth-order valence-corrected chi connectivity index (χ4v) is 1.02. The van der Waals surface area contributed by atoms with Gasteiger partial charge < -0.3 is 9.47 Å². The van der Waals surface area contributed by atoms with Gasteiger partial charge in [-0.25, -0.2) is 0 Å². The third-order valence-electron chi connectivity index (χ3n) is 1.91. The topological polar surface area (TPSA) is 18.5 Å². The molecule has 1 saturated heterocycles. The molecule has 1 unspecified atom stereocenters. The van der Waals surface area contributed by atoms with Crippen LogP contribution in [0, 0.1) is 17.8 Å². The van der Waals surface area contributed by atoms with Gasteiger partial charge >= 0.3 is 0 Å². The Morgan fingerprint density at radius 3 is 2.92 bits per heavy atom. The van der Waals surface area contributed by atoms with Crippen molar-refractivity contribution in [2.24, 2.45) is 5.41 Å². The van der Waals surface area contributed by atoms with Gasteiger partial charge in [0.1, 0.15) is 0 Å². The molecule has 1 fully saturated rings. The zero-order valence-electron chi connectivity index (χ0n) is 7.80. The molecule has 2 nitrogen and oxygen atoms in total. The highest BCUT2D eigenvalue weighted by Crippen LogP contribution is 2.19. The van der Waals surface area contributed by atoms with E-state index < -0.39 is 0 Å². The second-order valence-corrected chi connectivity index (χ2v) is 3.78. The van der Waals surface area contributed by atoms with Crippen molar-refractivity contribution in [1.29, 1.82) is 0 Å². The van der Waals surface area contributed by atoms with Crippen LogP contribution in [0.15, 0.2) is 0 Å². The molecule has 2 heteroatoms. The number of hydrogen-bond acceptors (Lipinski definition) is 2. The highest BCUT2D eigenvalue weighted by molar-refractivity contribution is 5.00. The molecule has 68 valence electrons. The van der Waals surface area contributed by atoms with Crippen LogP contribution in [-0.4, -0.2) is 19.5 Å². The molecule has 0 N–H and O–H groups in total. The minimum absolute atomic E-state index is 0.0161. The molecule has 0 radical (unpaired) electrons. The van der Waals surface area contributed by atoms with Crippen molar-refractivity contribution >= 4 is 0 Å². The molecule has 1 aliphatic rings. The first-order valence-electron chi connectivity index (χ1n) is 4.35. The van der Waals surface area contributed by atoms with Gasteiger partial charge in [0.25, 0.3) is 0 Å². The van der Waals surface area contributed by atoms with Crippen LogP contribution in [0.25, 0.3) is 0 Å². The van der Waals surface area contributed by atoms with Crippen molar-refractivity contribution in [2.75, 3.05) is 13.2 Å². The molecule has 1 aliphatic heterocycles. The molecule has 0 spiro atoms. The van der Waals surface area contributed by atoms with E-state index in [0.717, 1.165) is 19.4 Å². The van der Waals surface area contributed by atoms with Crippen LogP contribution in [0.5, 0.6) is 0 Å². The number of ether oxygens (including phenoxy) is 2. The molecule has 1 heterocycles. The van der Waals surface area contributed by atoms with Gasteiger partial charge in [0.15, 0.2) is 6.29 Å². The van der Waals surface area contributed by atoms with Gasteiger partial charge in [0, 0.05) is 18.4 Å². The highest BCUT2D eigenvalue weighted by atomic mass is 16.7. The molecular weight excluding hydrogens is 152 g/mol. The fourth-order valence-electron chi connectivity index (χ4n) is 1.02. The second-order valence-electron chi connectivity index (χ2n) is 3.78. The van der Waals surface area contributed by atoms with Crippen molar-refractivity contribution in [1.82, 2.24) is 0 Å². The Morgan fingerprint density at radius 2 is 2.42 bits per heavy atom. The first kappa shape index (κ1) is 9.57. The maximum absolute atomic E-state index is 5.49. The summed E-state index contributed by atoms with van der Waals surface area (Å²) >= 11 is 0. The van der Waals surface area contributed by atoms with Gasteiger partial charge in [0.2, 0.25) is 0 Å². The predicted octanol–water partition coefficient (Wildman–Crippen LogP) is 1.80. The molecule has 1 rings (SSSR count). The Kier molecular flexibility index (Phi) is 3.13. The van der Waals surface area contributed by atoms with E-state index >= 15 is 0 Å². The summed E-state index contributed by atoms with van der Waals surface area (Å²) in [6.07, 6.45) is 7.40.